The number of hydrogen-bond acceptors (Lipinski definition) is 4. The molecule has 70 valence electrons. The van der Waals surface area contributed by atoms with Crippen molar-refractivity contribution in [3.05, 3.63) is 29.2 Å². The molecular weight excluding hydrogens is 196 g/mol. The third-order valence-electron chi connectivity index (χ3n) is 1.90. The van der Waals surface area contributed by atoms with Crippen LogP contribution in [0.2, 0.25) is 0 Å². The first-order valence-corrected chi connectivity index (χ1v) is 5.05. The van der Waals surface area contributed by atoms with Gasteiger partial charge in [0.1, 0.15) is 10.8 Å². The van der Waals surface area contributed by atoms with Gasteiger partial charge in [0.15, 0.2) is 0 Å². The second-order valence-electron chi connectivity index (χ2n) is 2.87. The van der Waals surface area contributed by atoms with Crippen molar-refractivity contribution in [3.8, 4) is 16.6 Å². The van der Waals surface area contributed by atoms with E-state index in [1.54, 1.807) is 6.26 Å². The molecule has 0 atom stereocenters. The zero-order valence-corrected chi connectivity index (χ0v) is 8.47. The van der Waals surface area contributed by atoms with E-state index in [4.69, 9.17) is 9.68 Å². The van der Waals surface area contributed by atoms with Crippen LogP contribution in [0.25, 0.3) is 10.6 Å². The minimum absolute atomic E-state index is 0.368. The van der Waals surface area contributed by atoms with E-state index in [0.29, 0.717) is 6.42 Å². The molecule has 0 unspecified atom stereocenters. The van der Waals surface area contributed by atoms with Gasteiger partial charge in [-0.1, -0.05) is 0 Å². The van der Waals surface area contributed by atoms with Crippen molar-refractivity contribution < 1.29 is 4.42 Å². The van der Waals surface area contributed by atoms with Crippen LogP contribution >= 0.6 is 11.3 Å². The van der Waals surface area contributed by atoms with Crippen LogP contribution < -0.4 is 0 Å². The van der Waals surface area contributed by atoms with Gasteiger partial charge in [-0.15, -0.1) is 11.3 Å². The summed E-state index contributed by atoms with van der Waals surface area (Å²) >= 11 is 1.54. The lowest BCUT2D eigenvalue weighted by Crippen LogP contribution is -1.81. The predicted molar refractivity (Wildman–Crippen MR) is 53.9 cm³/mol. The number of hydrogen-bond donors (Lipinski definition) is 0. The Morgan fingerprint density at radius 3 is 3.14 bits per heavy atom. The molecule has 2 heterocycles. The number of rotatable bonds is 2. The lowest BCUT2D eigenvalue weighted by molar-refractivity contribution is 0.535. The van der Waals surface area contributed by atoms with Crippen molar-refractivity contribution in [2.75, 3.05) is 0 Å². The van der Waals surface area contributed by atoms with E-state index in [1.165, 1.54) is 11.3 Å². The lowest BCUT2D eigenvalue weighted by atomic mass is 10.3. The second-order valence-corrected chi connectivity index (χ2v) is 3.73. The smallest absolute Gasteiger partial charge is 0.127 e. The molecule has 2 aromatic heterocycles. The molecule has 0 aliphatic rings. The van der Waals surface area contributed by atoms with Crippen LogP contribution in [0.4, 0.5) is 0 Å². The lowest BCUT2D eigenvalue weighted by Gasteiger charge is -1.90. The number of nitriles is 1. The highest BCUT2D eigenvalue weighted by molar-refractivity contribution is 7.13. The maximum Gasteiger partial charge on any atom is 0.127 e. The summed E-state index contributed by atoms with van der Waals surface area (Å²) in [5, 5.41) is 11.3. The molecule has 0 amide bonds. The standard InChI is InChI=1S/C10H8N2OS/c1-7-9(3-5-13-7)10-12-8(2-4-11)6-14-10/h3,5-6H,2H2,1H3. The fraction of sp³-hybridized carbons (Fsp3) is 0.200. The van der Waals surface area contributed by atoms with E-state index in [1.807, 2.05) is 18.4 Å². The zero-order chi connectivity index (χ0) is 9.97. The van der Waals surface area contributed by atoms with E-state index in [9.17, 15) is 0 Å². The van der Waals surface area contributed by atoms with Crippen molar-refractivity contribution in [1.82, 2.24) is 4.98 Å². The van der Waals surface area contributed by atoms with Gasteiger partial charge >= 0.3 is 0 Å². The number of aryl methyl sites for hydroxylation is 1. The SMILES string of the molecule is Cc1occc1-c1nc(CC#N)cs1. The van der Waals surface area contributed by atoms with E-state index in [-0.39, 0.29) is 0 Å². The van der Waals surface area contributed by atoms with E-state index < -0.39 is 0 Å². The Morgan fingerprint density at radius 2 is 2.50 bits per heavy atom. The maximum atomic E-state index is 8.51. The summed E-state index contributed by atoms with van der Waals surface area (Å²) in [7, 11) is 0. The van der Waals surface area contributed by atoms with Crippen LogP contribution in [0.3, 0.4) is 0 Å². The number of thiazole rings is 1. The molecule has 0 fully saturated rings. The molecule has 14 heavy (non-hydrogen) atoms. The summed E-state index contributed by atoms with van der Waals surface area (Å²) in [5.41, 5.74) is 1.84. The monoisotopic (exact) mass is 204 g/mol. The fourth-order valence-corrected chi connectivity index (χ4v) is 2.09. The molecule has 0 bridgehead atoms. The fourth-order valence-electron chi connectivity index (χ4n) is 1.20. The molecule has 0 saturated heterocycles. The molecule has 0 spiro atoms. The molecule has 0 aliphatic carbocycles. The summed E-state index contributed by atoms with van der Waals surface area (Å²) in [4.78, 5) is 4.34. The molecule has 3 nitrogen and oxygen atoms in total. The molecule has 2 aromatic rings. The number of nitrogens with zero attached hydrogens (tertiary/aromatic N) is 2. The second kappa shape index (κ2) is 3.64. The van der Waals surface area contributed by atoms with Gasteiger partial charge in [0.05, 0.1) is 30.0 Å². The van der Waals surface area contributed by atoms with Crippen molar-refractivity contribution in [1.29, 1.82) is 5.26 Å². The highest BCUT2D eigenvalue weighted by Crippen LogP contribution is 2.27. The molecule has 4 heteroatoms. The summed E-state index contributed by atoms with van der Waals surface area (Å²) in [6.45, 7) is 1.90. The van der Waals surface area contributed by atoms with Gasteiger partial charge in [0, 0.05) is 5.38 Å². The van der Waals surface area contributed by atoms with Crippen LogP contribution in [0, 0.1) is 18.3 Å². The van der Waals surface area contributed by atoms with Gasteiger partial charge in [-0.2, -0.15) is 5.26 Å². The van der Waals surface area contributed by atoms with E-state index in [2.05, 4.69) is 11.1 Å². The molecule has 2 rings (SSSR count). The summed E-state index contributed by atoms with van der Waals surface area (Å²) < 4.78 is 5.19. The molecule has 0 aromatic carbocycles. The third kappa shape index (κ3) is 1.54. The third-order valence-corrected chi connectivity index (χ3v) is 2.83. The van der Waals surface area contributed by atoms with Gasteiger partial charge < -0.3 is 4.42 Å². The van der Waals surface area contributed by atoms with Crippen molar-refractivity contribution in [2.24, 2.45) is 0 Å². The maximum absolute atomic E-state index is 8.51. The van der Waals surface area contributed by atoms with Gasteiger partial charge in [-0.05, 0) is 13.0 Å². The Labute approximate surface area is 85.6 Å². The Balaban J connectivity index is 2.35. The van der Waals surface area contributed by atoms with Crippen LogP contribution in [0.1, 0.15) is 11.5 Å². The molecule has 0 saturated carbocycles. The highest BCUT2D eigenvalue weighted by atomic mass is 32.1. The van der Waals surface area contributed by atoms with Gasteiger partial charge in [-0.3, -0.25) is 0 Å². The summed E-state index contributed by atoms with van der Waals surface area (Å²) in [6.07, 6.45) is 2.02. The van der Waals surface area contributed by atoms with Gasteiger partial charge in [0.2, 0.25) is 0 Å². The minimum atomic E-state index is 0.368. The molecule has 0 aliphatic heterocycles. The predicted octanol–water partition coefficient (Wildman–Crippen LogP) is 2.78. The van der Waals surface area contributed by atoms with Crippen molar-refractivity contribution in [3.63, 3.8) is 0 Å². The van der Waals surface area contributed by atoms with Crippen LogP contribution in [0.5, 0.6) is 0 Å². The Morgan fingerprint density at radius 1 is 1.64 bits per heavy atom. The average Bonchev–Trinajstić information content (AvgIpc) is 2.74. The van der Waals surface area contributed by atoms with Crippen LogP contribution in [0.15, 0.2) is 22.1 Å². The first kappa shape index (κ1) is 8.97. The van der Waals surface area contributed by atoms with Crippen LogP contribution in [-0.4, -0.2) is 4.98 Å². The Bertz CT molecular complexity index is 478. The highest BCUT2D eigenvalue weighted by Gasteiger charge is 2.08. The Hall–Kier alpha value is -1.60. The number of aromatic nitrogens is 1. The number of furan rings is 1. The summed E-state index contributed by atoms with van der Waals surface area (Å²) in [6, 6.07) is 3.97. The Kier molecular flexibility index (Phi) is 2.33. The van der Waals surface area contributed by atoms with Crippen molar-refractivity contribution >= 4 is 11.3 Å². The van der Waals surface area contributed by atoms with Crippen LogP contribution in [-0.2, 0) is 6.42 Å². The van der Waals surface area contributed by atoms with Crippen molar-refractivity contribution in [2.45, 2.75) is 13.3 Å². The largest absolute Gasteiger partial charge is 0.469 e. The van der Waals surface area contributed by atoms with E-state index >= 15 is 0 Å². The molecule has 0 radical (unpaired) electrons. The van der Waals surface area contributed by atoms with Gasteiger partial charge in [0.25, 0.3) is 0 Å². The molecular formula is C10H8N2OS. The topological polar surface area (TPSA) is 49.8 Å². The zero-order valence-electron chi connectivity index (χ0n) is 7.65. The first-order chi connectivity index (χ1) is 6.81. The normalized spacial score (nSPS) is 10.0. The first-order valence-electron chi connectivity index (χ1n) is 4.17. The van der Waals surface area contributed by atoms with Gasteiger partial charge in [-0.25, -0.2) is 4.98 Å². The summed E-state index contributed by atoms with van der Waals surface area (Å²) in [5.74, 6) is 0.864. The quantitative estimate of drug-likeness (QED) is 0.755. The van der Waals surface area contributed by atoms with E-state index in [0.717, 1.165) is 22.0 Å². The minimum Gasteiger partial charge on any atom is -0.469 e. The molecule has 0 N–H and O–H groups in total. The average molecular weight is 204 g/mol.